The maximum atomic E-state index is 11.9. The molecule has 1 aromatic heterocycles. The van der Waals surface area contributed by atoms with E-state index in [1.807, 2.05) is 6.92 Å². The predicted octanol–water partition coefficient (Wildman–Crippen LogP) is 1.59. The highest BCUT2D eigenvalue weighted by atomic mass is 32.2. The van der Waals surface area contributed by atoms with Crippen LogP contribution in [0.5, 0.6) is 0 Å². The van der Waals surface area contributed by atoms with Gasteiger partial charge in [0.25, 0.3) is 0 Å². The second-order valence-electron chi connectivity index (χ2n) is 4.36. The third kappa shape index (κ3) is 3.76. The fraction of sp³-hybridized carbons (Fsp3) is 0.727. The van der Waals surface area contributed by atoms with Gasteiger partial charge in [0.2, 0.25) is 0 Å². The number of hydrogen-bond donors (Lipinski definition) is 0. The van der Waals surface area contributed by atoms with E-state index in [1.165, 1.54) is 11.3 Å². The molecule has 2 rings (SSSR count). The fourth-order valence-electron chi connectivity index (χ4n) is 1.96. The molecule has 6 heteroatoms. The Morgan fingerprint density at radius 3 is 3.00 bits per heavy atom. The number of sulfone groups is 1. The molecule has 0 amide bonds. The van der Waals surface area contributed by atoms with Crippen molar-refractivity contribution in [2.45, 2.75) is 32.3 Å². The summed E-state index contributed by atoms with van der Waals surface area (Å²) in [6.45, 7) is 2.62. The lowest BCUT2D eigenvalue weighted by Gasteiger charge is -2.09. The van der Waals surface area contributed by atoms with Gasteiger partial charge in [-0.25, -0.2) is 13.4 Å². The highest BCUT2D eigenvalue weighted by Crippen LogP contribution is 2.17. The summed E-state index contributed by atoms with van der Waals surface area (Å²) in [6.07, 6.45) is 2.35. The van der Waals surface area contributed by atoms with Gasteiger partial charge in [0.15, 0.2) is 9.84 Å². The molecule has 1 saturated heterocycles. The van der Waals surface area contributed by atoms with Crippen LogP contribution in [0.4, 0.5) is 0 Å². The van der Waals surface area contributed by atoms with Crippen molar-refractivity contribution in [1.29, 1.82) is 0 Å². The van der Waals surface area contributed by atoms with Crippen LogP contribution in [0.15, 0.2) is 5.51 Å². The number of aromatic nitrogens is 1. The first-order chi connectivity index (χ1) is 8.07. The molecule has 0 saturated carbocycles. The number of ether oxygens (including phenoxy) is 1. The first-order valence-electron chi connectivity index (χ1n) is 5.78. The molecule has 1 aromatic rings. The number of aryl methyl sites for hydroxylation is 2. The molecule has 0 aliphatic carbocycles. The van der Waals surface area contributed by atoms with E-state index < -0.39 is 9.84 Å². The lowest BCUT2D eigenvalue weighted by atomic mass is 10.3. The number of thiazole rings is 1. The summed E-state index contributed by atoms with van der Waals surface area (Å²) in [6, 6.07) is 0. The minimum absolute atomic E-state index is 0.0810. The van der Waals surface area contributed by atoms with Crippen molar-refractivity contribution in [3.05, 3.63) is 16.1 Å². The molecule has 0 bridgehead atoms. The summed E-state index contributed by atoms with van der Waals surface area (Å²) in [5.74, 6) is 0.376. The van der Waals surface area contributed by atoms with Crippen molar-refractivity contribution in [2.75, 3.05) is 18.1 Å². The van der Waals surface area contributed by atoms with Gasteiger partial charge in [-0.3, -0.25) is 0 Å². The molecule has 1 aliphatic heterocycles. The molecule has 0 aromatic carbocycles. The van der Waals surface area contributed by atoms with Crippen molar-refractivity contribution in [1.82, 2.24) is 4.98 Å². The SMILES string of the molecule is Cc1ncsc1CCS(=O)(=O)C[C@@H]1CCCO1. The molecule has 1 aliphatic rings. The smallest absolute Gasteiger partial charge is 0.153 e. The molecule has 0 N–H and O–H groups in total. The van der Waals surface area contributed by atoms with Crippen molar-refractivity contribution < 1.29 is 13.2 Å². The summed E-state index contributed by atoms with van der Waals surface area (Å²) < 4.78 is 29.2. The van der Waals surface area contributed by atoms with E-state index in [0.717, 1.165) is 23.4 Å². The molecule has 1 fully saturated rings. The quantitative estimate of drug-likeness (QED) is 0.819. The van der Waals surface area contributed by atoms with Crippen molar-refractivity contribution in [2.24, 2.45) is 0 Å². The van der Waals surface area contributed by atoms with Crippen LogP contribution >= 0.6 is 11.3 Å². The number of nitrogens with zero attached hydrogens (tertiary/aromatic N) is 1. The monoisotopic (exact) mass is 275 g/mol. The van der Waals surface area contributed by atoms with E-state index in [2.05, 4.69) is 4.98 Å². The van der Waals surface area contributed by atoms with E-state index >= 15 is 0 Å². The molecule has 1 atom stereocenters. The second kappa shape index (κ2) is 5.46. The van der Waals surface area contributed by atoms with Gasteiger partial charge in [-0.05, 0) is 26.2 Å². The highest BCUT2D eigenvalue weighted by molar-refractivity contribution is 7.91. The number of hydrogen-bond acceptors (Lipinski definition) is 5. The molecule has 0 radical (unpaired) electrons. The standard InChI is InChI=1S/C11H17NO3S2/c1-9-11(16-8-12-9)4-6-17(13,14)7-10-3-2-5-15-10/h8,10H,2-7H2,1H3/t10-/m0/s1. The molecule has 0 spiro atoms. The Balaban J connectivity index is 1.87. The van der Waals surface area contributed by atoms with Gasteiger partial charge in [-0.2, -0.15) is 0 Å². The molecule has 96 valence electrons. The Labute approximate surface area is 106 Å². The molecule has 0 unspecified atom stereocenters. The third-order valence-electron chi connectivity index (χ3n) is 2.95. The van der Waals surface area contributed by atoms with E-state index in [-0.39, 0.29) is 17.6 Å². The summed E-state index contributed by atoms with van der Waals surface area (Å²) in [5, 5.41) is 0. The minimum atomic E-state index is -3.00. The predicted molar refractivity (Wildman–Crippen MR) is 68.2 cm³/mol. The Kier molecular flexibility index (Phi) is 4.17. The van der Waals surface area contributed by atoms with E-state index in [4.69, 9.17) is 4.74 Å². The molecular weight excluding hydrogens is 258 g/mol. The first-order valence-corrected chi connectivity index (χ1v) is 8.48. The largest absolute Gasteiger partial charge is 0.377 e. The van der Waals surface area contributed by atoms with Crippen LogP contribution in [0.2, 0.25) is 0 Å². The molecular formula is C11H17NO3S2. The van der Waals surface area contributed by atoms with Gasteiger partial charge >= 0.3 is 0 Å². The van der Waals surface area contributed by atoms with Gasteiger partial charge in [0, 0.05) is 11.5 Å². The average molecular weight is 275 g/mol. The van der Waals surface area contributed by atoms with Crippen LogP contribution < -0.4 is 0 Å². The Bertz CT molecular complexity index is 461. The van der Waals surface area contributed by atoms with E-state index in [0.29, 0.717) is 13.0 Å². The van der Waals surface area contributed by atoms with Gasteiger partial charge in [-0.1, -0.05) is 0 Å². The van der Waals surface area contributed by atoms with Gasteiger partial charge in [0.05, 0.1) is 28.8 Å². The summed E-state index contributed by atoms with van der Waals surface area (Å²) in [4.78, 5) is 5.19. The Hall–Kier alpha value is -0.460. The van der Waals surface area contributed by atoms with Crippen molar-refractivity contribution >= 4 is 21.2 Å². The zero-order chi connectivity index (χ0) is 12.3. The van der Waals surface area contributed by atoms with E-state index in [9.17, 15) is 8.42 Å². The maximum Gasteiger partial charge on any atom is 0.153 e. The zero-order valence-electron chi connectivity index (χ0n) is 9.89. The molecule has 2 heterocycles. The van der Waals surface area contributed by atoms with Gasteiger partial charge in [-0.15, -0.1) is 11.3 Å². The topological polar surface area (TPSA) is 56.3 Å². The molecule has 17 heavy (non-hydrogen) atoms. The van der Waals surface area contributed by atoms with Crippen LogP contribution in [0.25, 0.3) is 0 Å². The van der Waals surface area contributed by atoms with Crippen LogP contribution in [-0.2, 0) is 21.0 Å². The maximum absolute atomic E-state index is 11.9. The fourth-order valence-corrected chi connectivity index (χ4v) is 4.38. The van der Waals surface area contributed by atoms with Gasteiger partial charge in [0.1, 0.15) is 0 Å². The van der Waals surface area contributed by atoms with Crippen molar-refractivity contribution in [3.8, 4) is 0 Å². The van der Waals surface area contributed by atoms with Crippen LogP contribution in [-0.4, -0.2) is 37.6 Å². The zero-order valence-corrected chi connectivity index (χ0v) is 11.5. The molecule has 4 nitrogen and oxygen atoms in total. The van der Waals surface area contributed by atoms with Crippen LogP contribution in [0.1, 0.15) is 23.4 Å². The first kappa shape index (κ1) is 13.0. The van der Waals surface area contributed by atoms with Crippen LogP contribution in [0, 0.1) is 6.92 Å². The lowest BCUT2D eigenvalue weighted by Crippen LogP contribution is -2.23. The highest BCUT2D eigenvalue weighted by Gasteiger charge is 2.23. The number of rotatable bonds is 5. The summed E-state index contributed by atoms with van der Waals surface area (Å²) in [7, 11) is -3.00. The Morgan fingerprint density at radius 2 is 2.41 bits per heavy atom. The second-order valence-corrected chi connectivity index (χ2v) is 7.53. The van der Waals surface area contributed by atoms with Crippen molar-refractivity contribution in [3.63, 3.8) is 0 Å². The summed E-state index contributed by atoms with van der Waals surface area (Å²) >= 11 is 1.53. The summed E-state index contributed by atoms with van der Waals surface area (Å²) in [5.41, 5.74) is 2.71. The van der Waals surface area contributed by atoms with E-state index in [1.54, 1.807) is 5.51 Å². The van der Waals surface area contributed by atoms with Gasteiger partial charge < -0.3 is 4.74 Å². The lowest BCUT2D eigenvalue weighted by molar-refractivity contribution is 0.127. The minimum Gasteiger partial charge on any atom is -0.377 e. The normalized spacial score (nSPS) is 20.9. The third-order valence-corrected chi connectivity index (χ3v) is 5.65. The average Bonchev–Trinajstić information content (AvgIpc) is 2.87. The van der Waals surface area contributed by atoms with Crippen LogP contribution in [0.3, 0.4) is 0 Å². The Morgan fingerprint density at radius 1 is 1.59 bits per heavy atom.